The van der Waals surface area contributed by atoms with Crippen molar-refractivity contribution in [2.45, 2.75) is 18.8 Å². The molecule has 1 aliphatic carbocycles. The Morgan fingerprint density at radius 1 is 1.04 bits per heavy atom. The first kappa shape index (κ1) is 16.7. The van der Waals surface area contributed by atoms with Gasteiger partial charge < -0.3 is 14.7 Å². The highest BCUT2D eigenvalue weighted by molar-refractivity contribution is 7.09. The van der Waals surface area contributed by atoms with Gasteiger partial charge in [0.1, 0.15) is 18.0 Å². The lowest BCUT2D eigenvalue weighted by molar-refractivity contribution is 0.651. The fourth-order valence-electron chi connectivity index (χ4n) is 3.60. The molecule has 0 bridgehead atoms. The topological polar surface area (TPSA) is 61.3 Å². The van der Waals surface area contributed by atoms with E-state index in [1.54, 1.807) is 17.9 Å². The first-order valence-electron chi connectivity index (χ1n) is 9.44. The summed E-state index contributed by atoms with van der Waals surface area (Å²) in [6.07, 6.45) is 4.14. The zero-order valence-electron chi connectivity index (χ0n) is 15.7. The van der Waals surface area contributed by atoms with Crippen molar-refractivity contribution in [1.82, 2.24) is 19.3 Å². The van der Waals surface area contributed by atoms with E-state index in [0.717, 1.165) is 53.9 Å². The van der Waals surface area contributed by atoms with E-state index in [-0.39, 0.29) is 0 Å². The Morgan fingerprint density at radius 3 is 2.56 bits per heavy atom. The molecular weight excluding hydrogens is 358 g/mol. The average Bonchev–Trinajstić information content (AvgIpc) is 3.44. The predicted octanol–water partition coefficient (Wildman–Crippen LogP) is 2.75. The van der Waals surface area contributed by atoms with Gasteiger partial charge in [0, 0.05) is 68.8 Å². The van der Waals surface area contributed by atoms with Crippen LogP contribution in [0.5, 0.6) is 0 Å². The second-order valence-corrected chi connectivity index (χ2v) is 8.21. The molecule has 2 aliphatic rings. The van der Waals surface area contributed by atoms with E-state index in [9.17, 15) is 0 Å². The van der Waals surface area contributed by atoms with E-state index >= 15 is 0 Å². The molecule has 7 nitrogen and oxygen atoms in total. The van der Waals surface area contributed by atoms with E-state index in [2.05, 4.69) is 42.3 Å². The maximum absolute atomic E-state index is 4.76. The fourth-order valence-corrected chi connectivity index (χ4v) is 4.40. The molecule has 27 heavy (non-hydrogen) atoms. The van der Waals surface area contributed by atoms with Gasteiger partial charge in [0.25, 0.3) is 0 Å². The molecule has 0 radical (unpaired) electrons. The molecule has 0 amide bonds. The maximum Gasteiger partial charge on any atom is 0.205 e. The molecule has 8 heteroatoms. The molecular formula is C19H23N7S. The molecule has 1 aromatic carbocycles. The summed E-state index contributed by atoms with van der Waals surface area (Å²) in [5.74, 6) is 2.65. The number of nitrogens with zero attached hydrogens (tertiary/aromatic N) is 7. The van der Waals surface area contributed by atoms with Crippen molar-refractivity contribution >= 4 is 39.1 Å². The van der Waals surface area contributed by atoms with E-state index in [1.165, 1.54) is 18.5 Å². The molecule has 3 aromatic rings. The van der Waals surface area contributed by atoms with Crippen molar-refractivity contribution in [3.63, 3.8) is 0 Å². The third kappa shape index (κ3) is 3.18. The number of anilines is 3. The van der Waals surface area contributed by atoms with Gasteiger partial charge in [-0.3, -0.25) is 0 Å². The Morgan fingerprint density at radius 2 is 1.81 bits per heavy atom. The lowest BCUT2D eigenvalue weighted by atomic mass is 10.1. The molecule has 1 saturated heterocycles. The second-order valence-electron chi connectivity index (χ2n) is 7.48. The Kier molecular flexibility index (Phi) is 4.07. The van der Waals surface area contributed by atoms with E-state index in [4.69, 9.17) is 4.98 Å². The number of piperazine rings is 1. The van der Waals surface area contributed by atoms with Gasteiger partial charge in [-0.15, -0.1) is 0 Å². The zero-order valence-corrected chi connectivity index (χ0v) is 16.5. The Hall–Kier alpha value is -2.48. The normalized spacial score (nSPS) is 17.6. The third-order valence-corrected chi connectivity index (χ3v) is 6.10. The number of rotatable bonds is 4. The van der Waals surface area contributed by atoms with Gasteiger partial charge in [0.15, 0.2) is 0 Å². The zero-order chi connectivity index (χ0) is 18.4. The second kappa shape index (κ2) is 6.60. The van der Waals surface area contributed by atoms with Crippen molar-refractivity contribution in [2.24, 2.45) is 0 Å². The van der Waals surface area contributed by atoms with Gasteiger partial charge in [0.05, 0.1) is 5.52 Å². The van der Waals surface area contributed by atoms with Crippen LogP contribution >= 0.6 is 11.5 Å². The number of hydrogen-bond donors (Lipinski definition) is 0. The number of aromatic nitrogens is 4. The van der Waals surface area contributed by atoms with Gasteiger partial charge in [-0.2, -0.15) is 4.37 Å². The van der Waals surface area contributed by atoms with Crippen LogP contribution in [0.2, 0.25) is 0 Å². The summed E-state index contributed by atoms with van der Waals surface area (Å²) in [4.78, 5) is 20.5. The third-order valence-electron chi connectivity index (χ3n) is 5.31. The molecule has 3 heterocycles. The molecule has 1 aliphatic heterocycles. The summed E-state index contributed by atoms with van der Waals surface area (Å²) in [5, 5.41) is 2.18. The van der Waals surface area contributed by atoms with Crippen molar-refractivity contribution in [2.75, 3.05) is 55.0 Å². The summed E-state index contributed by atoms with van der Waals surface area (Å²) >= 11 is 1.55. The Balaban J connectivity index is 1.33. The van der Waals surface area contributed by atoms with Crippen LogP contribution in [0.3, 0.4) is 0 Å². The smallest absolute Gasteiger partial charge is 0.205 e. The minimum atomic E-state index is 0.627. The van der Waals surface area contributed by atoms with Gasteiger partial charge >= 0.3 is 0 Å². The molecule has 140 valence electrons. The molecule has 2 fully saturated rings. The highest BCUT2D eigenvalue weighted by Crippen LogP contribution is 2.39. The van der Waals surface area contributed by atoms with Crippen molar-refractivity contribution < 1.29 is 0 Å². The van der Waals surface area contributed by atoms with Gasteiger partial charge in [-0.25, -0.2) is 15.0 Å². The van der Waals surface area contributed by atoms with Crippen LogP contribution in [0.4, 0.5) is 16.6 Å². The molecule has 0 N–H and O–H groups in total. The van der Waals surface area contributed by atoms with Crippen LogP contribution < -0.4 is 14.7 Å². The minimum absolute atomic E-state index is 0.627. The SMILES string of the molecule is CN(C)c1ncnc2ccc(N3CCN(c4nc(C5CC5)ns4)CC3)cc12. The Labute approximate surface area is 162 Å². The van der Waals surface area contributed by atoms with Gasteiger partial charge in [0.2, 0.25) is 5.13 Å². The molecule has 0 unspecified atom stereocenters. The first-order chi connectivity index (χ1) is 13.2. The molecule has 5 rings (SSSR count). The van der Waals surface area contributed by atoms with E-state index in [1.807, 2.05) is 19.0 Å². The quantitative estimate of drug-likeness (QED) is 0.689. The van der Waals surface area contributed by atoms with Crippen LogP contribution in [0.25, 0.3) is 10.9 Å². The van der Waals surface area contributed by atoms with E-state index in [0.29, 0.717) is 5.92 Å². The highest BCUT2D eigenvalue weighted by Gasteiger charge is 2.29. The van der Waals surface area contributed by atoms with Crippen LogP contribution in [0, 0.1) is 0 Å². The molecule has 0 atom stereocenters. The molecule has 0 spiro atoms. The standard InChI is InChI=1S/C19H23N7S/c1-24(2)18-15-11-14(5-6-16(15)20-12-21-18)25-7-9-26(10-8-25)19-22-17(23-27-19)13-3-4-13/h5-6,11-13H,3-4,7-10H2,1-2H3. The lowest BCUT2D eigenvalue weighted by Gasteiger charge is -2.36. The largest absolute Gasteiger partial charge is 0.368 e. The summed E-state index contributed by atoms with van der Waals surface area (Å²) in [6, 6.07) is 6.48. The predicted molar refractivity (Wildman–Crippen MR) is 110 cm³/mol. The monoisotopic (exact) mass is 381 g/mol. The average molecular weight is 382 g/mol. The summed E-state index contributed by atoms with van der Waals surface area (Å²) in [5.41, 5.74) is 2.22. The summed E-state index contributed by atoms with van der Waals surface area (Å²) in [6.45, 7) is 3.91. The van der Waals surface area contributed by atoms with Gasteiger partial charge in [-0.05, 0) is 31.0 Å². The minimum Gasteiger partial charge on any atom is -0.368 e. The lowest BCUT2D eigenvalue weighted by Crippen LogP contribution is -2.46. The van der Waals surface area contributed by atoms with Crippen LogP contribution in [0.15, 0.2) is 24.5 Å². The molecule has 2 aromatic heterocycles. The fraction of sp³-hybridized carbons (Fsp3) is 0.474. The first-order valence-corrected chi connectivity index (χ1v) is 10.2. The van der Waals surface area contributed by atoms with E-state index < -0.39 is 0 Å². The highest BCUT2D eigenvalue weighted by atomic mass is 32.1. The van der Waals surface area contributed by atoms with Crippen LogP contribution in [0.1, 0.15) is 24.6 Å². The van der Waals surface area contributed by atoms with Crippen LogP contribution in [-0.2, 0) is 0 Å². The van der Waals surface area contributed by atoms with Crippen molar-refractivity contribution in [3.8, 4) is 0 Å². The van der Waals surface area contributed by atoms with Crippen molar-refractivity contribution in [1.29, 1.82) is 0 Å². The number of fused-ring (bicyclic) bond motifs is 1. The number of benzene rings is 1. The van der Waals surface area contributed by atoms with Crippen molar-refractivity contribution in [3.05, 3.63) is 30.4 Å². The van der Waals surface area contributed by atoms with Crippen LogP contribution in [-0.4, -0.2) is 59.6 Å². The maximum atomic E-state index is 4.76. The number of hydrogen-bond acceptors (Lipinski definition) is 8. The summed E-state index contributed by atoms with van der Waals surface area (Å²) < 4.78 is 4.55. The summed E-state index contributed by atoms with van der Waals surface area (Å²) in [7, 11) is 4.04. The molecule has 1 saturated carbocycles. The Bertz CT molecular complexity index is 958. The van der Waals surface area contributed by atoms with Gasteiger partial charge in [-0.1, -0.05) is 0 Å².